The maximum absolute atomic E-state index is 12.8. The van der Waals surface area contributed by atoms with E-state index < -0.39 is 12.3 Å². The van der Waals surface area contributed by atoms with E-state index in [-0.39, 0.29) is 30.4 Å². The number of hydrogen-bond acceptors (Lipinski definition) is 5. The summed E-state index contributed by atoms with van der Waals surface area (Å²) in [6.07, 6.45) is -1.50. The first-order valence-corrected chi connectivity index (χ1v) is 11.0. The molecule has 8 nitrogen and oxygen atoms in total. The second kappa shape index (κ2) is 9.77. The molecule has 1 fully saturated rings. The van der Waals surface area contributed by atoms with Crippen LogP contribution in [0.5, 0.6) is 5.75 Å². The number of fused-ring (bicyclic) bond motifs is 1. The highest BCUT2D eigenvalue weighted by atomic mass is 19.4. The number of halogens is 3. The van der Waals surface area contributed by atoms with Crippen molar-refractivity contribution in [2.45, 2.75) is 38.0 Å². The first-order valence-electron chi connectivity index (χ1n) is 11.0. The predicted octanol–water partition coefficient (Wildman–Crippen LogP) is 4.75. The Hall–Kier alpha value is -3.89. The number of nitrogens with zero attached hydrogens (tertiary/aromatic N) is 3. The fraction of sp³-hybridized carbons (Fsp3) is 0.333. The molecule has 1 saturated heterocycles. The molecule has 0 radical (unpaired) electrons. The molecule has 2 N–H and O–H groups in total. The Bertz CT molecular complexity index is 1250. The zero-order valence-electron chi connectivity index (χ0n) is 18.6. The third kappa shape index (κ3) is 5.79. The van der Waals surface area contributed by atoms with Gasteiger partial charge in [0.2, 0.25) is 0 Å². The topological polar surface area (TPSA) is 108 Å². The van der Waals surface area contributed by atoms with E-state index in [9.17, 15) is 22.8 Å². The van der Waals surface area contributed by atoms with Crippen molar-refractivity contribution in [1.29, 1.82) is 0 Å². The van der Waals surface area contributed by atoms with Gasteiger partial charge in [0, 0.05) is 31.3 Å². The summed E-state index contributed by atoms with van der Waals surface area (Å²) in [6, 6.07) is 6.81. The quantitative estimate of drug-likeness (QED) is 0.497. The van der Waals surface area contributed by atoms with E-state index in [1.807, 2.05) is 6.07 Å². The van der Waals surface area contributed by atoms with Crippen molar-refractivity contribution in [1.82, 2.24) is 19.9 Å². The molecule has 0 spiro atoms. The van der Waals surface area contributed by atoms with Crippen molar-refractivity contribution >= 4 is 28.6 Å². The molecule has 184 valence electrons. The molecule has 11 heteroatoms. The van der Waals surface area contributed by atoms with Gasteiger partial charge >= 0.3 is 12.3 Å². The number of amides is 1. The van der Waals surface area contributed by atoms with Gasteiger partial charge in [-0.05, 0) is 66.6 Å². The summed E-state index contributed by atoms with van der Waals surface area (Å²) < 4.78 is 40.9. The summed E-state index contributed by atoms with van der Waals surface area (Å²) in [5, 5.41) is 8.89. The van der Waals surface area contributed by atoms with Crippen LogP contribution in [0.2, 0.25) is 0 Å². The molecular weight excluding hydrogens is 465 g/mol. The van der Waals surface area contributed by atoms with Crippen molar-refractivity contribution in [2.24, 2.45) is 0 Å². The van der Waals surface area contributed by atoms with Crippen molar-refractivity contribution < 1.29 is 32.6 Å². The van der Waals surface area contributed by atoms with E-state index in [1.54, 1.807) is 11.1 Å². The van der Waals surface area contributed by atoms with Crippen molar-refractivity contribution in [3.63, 3.8) is 0 Å². The number of allylic oxidation sites excluding steroid dienone is 1. The summed E-state index contributed by atoms with van der Waals surface area (Å²) in [7, 11) is 0. The van der Waals surface area contributed by atoms with Gasteiger partial charge in [-0.2, -0.15) is 0 Å². The molecule has 0 atom stereocenters. The molecule has 4 rings (SSSR count). The lowest BCUT2D eigenvalue weighted by atomic mass is 9.89. The van der Waals surface area contributed by atoms with Gasteiger partial charge in [0.25, 0.3) is 5.91 Å². The summed E-state index contributed by atoms with van der Waals surface area (Å²) in [5.41, 5.74) is 3.18. The number of rotatable bonds is 7. The number of benzene rings is 1. The lowest BCUT2D eigenvalue weighted by Gasteiger charge is -2.32. The molecule has 2 aromatic heterocycles. The number of alkyl halides is 3. The van der Waals surface area contributed by atoms with Gasteiger partial charge < -0.3 is 19.7 Å². The molecular formula is C24H23F3N4O4. The van der Waals surface area contributed by atoms with Crippen LogP contribution >= 0.6 is 0 Å². The van der Waals surface area contributed by atoms with Gasteiger partial charge in [-0.25, -0.2) is 9.97 Å². The number of imidazole rings is 1. The Labute approximate surface area is 198 Å². The van der Waals surface area contributed by atoms with Gasteiger partial charge in [0.1, 0.15) is 11.6 Å². The Morgan fingerprint density at radius 1 is 1.14 bits per heavy atom. The van der Waals surface area contributed by atoms with E-state index in [1.165, 1.54) is 12.1 Å². The van der Waals surface area contributed by atoms with Crippen LogP contribution in [0.15, 0.2) is 43.1 Å². The molecule has 1 aromatic carbocycles. The summed E-state index contributed by atoms with van der Waals surface area (Å²) >= 11 is 0. The lowest BCUT2D eigenvalue weighted by Crippen LogP contribution is -2.38. The third-order valence-electron chi connectivity index (χ3n) is 5.96. The fourth-order valence-electron chi connectivity index (χ4n) is 4.19. The van der Waals surface area contributed by atoms with E-state index in [4.69, 9.17) is 5.11 Å². The van der Waals surface area contributed by atoms with Crippen molar-refractivity contribution in [3.05, 3.63) is 60.1 Å². The van der Waals surface area contributed by atoms with Gasteiger partial charge in [0.15, 0.2) is 5.65 Å². The predicted molar refractivity (Wildman–Crippen MR) is 121 cm³/mol. The van der Waals surface area contributed by atoms with E-state index >= 15 is 0 Å². The van der Waals surface area contributed by atoms with E-state index in [0.717, 1.165) is 23.2 Å². The molecule has 1 aliphatic rings. The van der Waals surface area contributed by atoms with Gasteiger partial charge in [-0.3, -0.25) is 9.59 Å². The molecule has 1 aliphatic heterocycles. The Morgan fingerprint density at radius 2 is 1.83 bits per heavy atom. The number of ether oxygens (including phenoxy) is 1. The number of piperidine rings is 1. The Morgan fingerprint density at radius 3 is 2.46 bits per heavy atom. The van der Waals surface area contributed by atoms with Crippen LogP contribution in [0, 0.1) is 0 Å². The standard InChI is InChI=1S/C24H23F3N4O4/c1-14(2-7-19(32)33)21-29-20-18(8-11-28-22(20)30-21)15-9-12-31(13-10-15)23(34)16-3-5-17(6-4-16)35-24(25,26)27/h3-6,8,11,15H,1-2,7,9-10,12-13H2,(H,32,33)(H,28,29,30). The van der Waals surface area contributed by atoms with Crippen LogP contribution in [0.25, 0.3) is 16.7 Å². The van der Waals surface area contributed by atoms with Gasteiger partial charge in [0.05, 0.1) is 5.52 Å². The number of hydrogen-bond donors (Lipinski definition) is 2. The number of carboxylic acids is 1. The zero-order chi connectivity index (χ0) is 25.2. The highest BCUT2D eigenvalue weighted by Gasteiger charge is 2.31. The molecule has 0 saturated carbocycles. The maximum Gasteiger partial charge on any atom is 0.573 e. The van der Waals surface area contributed by atoms with E-state index in [2.05, 4.69) is 26.3 Å². The van der Waals surface area contributed by atoms with Crippen LogP contribution in [-0.2, 0) is 4.79 Å². The number of aromatic nitrogens is 3. The second-order valence-corrected chi connectivity index (χ2v) is 8.32. The average Bonchev–Trinajstić information content (AvgIpc) is 3.26. The largest absolute Gasteiger partial charge is 0.573 e. The second-order valence-electron chi connectivity index (χ2n) is 8.32. The van der Waals surface area contributed by atoms with Gasteiger partial charge in [-0.15, -0.1) is 13.2 Å². The average molecular weight is 488 g/mol. The first kappa shape index (κ1) is 24.2. The third-order valence-corrected chi connectivity index (χ3v) is 5.96. The van der Waals surface area contributed by atoms with Crippen LogP contribution < -0.4 is 4.74 Å². The first-order chi connectivity index (χ1) is 16.6. The minimum absolute atomic E-state index is 0.0409. The number of carbonyl (C=O) groups is 2. The summed E-state index contributed by atoms with van der Waals surface area (Å²) in [5.74, 6) is -0.883. The molecule has 3 heterocycles. The highest BCUT2D eigenvalue weighted by Crippen LogP contribution is 2.33. The van der Waals surface area contributed by atoms with E-state index in [0.29, 0.717) is 48.5 Å². The normalized spacial score (nSPS) is 14.8. The molecule has 0 bridgehead atoms. The van der Waals surface area contributed by atoms with Crippen LogP contribution in [0.1, 0.15) is 53.3 Å². The highest BCUT2D eigenvalue weighted by molar-refractivity contribution is 5.94. The summed E-state index contributed by atoms with van der Waals surface area (Å²) in [6.45, 7) is 4.90. The smallest absolute Gasteiger partial charge is 0.481 e. The number of aliphatic carboxylic acids is 1. The number of aromatic amines is 1. The molecule has 0 aliphatic carbocycles. The summed E-state index contributed by atoms with van der Waals surface area (Å²) in [4.78, 5) is 37.3. The molecule has 3 aromatic rings. The monoisotopic (exact) mass is 488 g/mol. The van der Waals surface area contributed by atoms with Crippen LogP contribution in [0.3, 0.4) is 0 Å². The minimum Gasteiger partial charge on any atom is -0.481 e. The van der Waals surface area contributed by atoms with Crippen LogP contribution in [-0.4, -0.2) is 56.3 Å². The minimum atomic E-state index is -4.78. The Balaban J connectivity index is 1.42. The van der Waals surface area contributed by atoms with Crippen LogP contribution in [0.4, 0.5) is 13.2 Å². The number of carboxylic acid groups (broad SMARTS) is 1. The Kier molecular flexibility index (Phi) is 6.77. The van der Waals surface area contributed by atoms with Crippen molar-refractivity contribution in [2.75, 3.05) is 13.1 Å². The number of H-pyrrole nitrogens is 1. The molecule has 1 amide bonds. The van der Waals surface area contributed by atoms with Gasteiger partial charge in [-0.1, -0.05) is 6.58 Å². The number of nitrogens with one attached hydrogen (secondary N) is 1. The molecule has 0 unspecified atom stereocenters. The fourth-order valence-corrected chi connectivity index (χ4v) is 4.19. The SMILES string of the molecule is C=C(CCC(=O)O)c1nc2nccc(C3CCN(C(=O)c4ccc(OC(F)(F)F)cc4)CC3)c2[nH]1. The number of pyridine rings is 1. The van der Waals surface area contributed by atoms with Crippen molar-refractivity contribution in [3.8, 4) is 5.75 Å². The lowest BCUT2D eigenvalue weighted by molar-refractivity contribution is -0.274. The number of carbonyl (C=O) groups excluding carboxylic acids is 1. The molecule has 35 heavy (non-hydrogen) atoms. The maximum atomic E-state index is 12.8. The number of likely N-dealkylation sites (tertiary alicyclic amines) is 1. The zero-order valence-corrected chi connectivity index (χ0v) is 18.6.